The van der Waals surface area contributed by atoms with Crippen molar-refractivity contribution >= 4 is 11.0 Å². The first-order chi connectivity index (χ1) is 5.93. The molecule has 1 N–H and O–H groups in total. The van der Waals surface area contributed by atoms with Gasteiger partial charge in [0.15, 0.2) is 0 Å². The summed E-state index contributed by atoms with van der Waals surface area (Å²) in [4.78, 5) is 0. The van der Waals surface area contributed by atoms with Gasteiger partial charge in [-0.25, -0.2) is 8.93 Å². The molecular weight excluding hydrogens is 182 g/mol. The van der Waals surface area contributed by atoms with Crippen LogP contribution in [0.3, 0.4) is 0 Å². The fourth-order valence-corrected chi connectivity index (χ4v) is 1.87. The van der Waals surface area contributed by atoms with Gasteiger partial charge in [-0.1, -0.05) is 20.8 Å². The van der Waals surface area contributed by atoms with Crippen LogP contribution in [0.5, 0.6) is 0 Å². The molecule has 3 unspecified atom stereocenters. The number of hydrogen-bond acceptors (Lipinski definition) is 1. The van der Waals surface area contributed by atoms with Crippen molar-refractivity contribution in [1.29, 1.82) is 0 Å². The molecule has 0 saturated carbocycles. The number of hydrogen-bond donors (Lipinski definition) is 1. The lowest BCUT2D eigenvalue weighted by Gasteiger charge is -2.18. The molecule has 0 saturated heterocycles. The molecule has 0 heterocycles. The maximum atomic E-state index is 10.8. The van der Waals surface area contributed by atoms with Gasteiger partial charge in [0.1, 0.15) is 0 Å². The van der Waals surface area contributed by atoms with E-state index in [4.69, 9.17) is 0 Å². The second-order valence-electron chi connectivity index (χ2n) is 4.27. The van der Waals surface area contributed by atoms with E-state index >= 15 is 0 Å². The highest BCUT2D eigenvalue weighted by Gasteiger charge is 2.09. The molecule has 0 aromatic heterocycles. The minimum Gasteiger partial charge on any atom is -0.243 e. The lowest BCUT2D eigenvalue weighted by Crippen LogP contribution is -2.27. The summed E-state index contributed by atoms with van der Waals surface area (Å²) in [7, 11) is -0.871. The zero-order valence-corrected chi connectivity index (χ0v) is 10.3. The SMILES string of the molecule is CC(CCC(C)C(C)C)NS(C)=O. The summed E-state index contributed by atoms with van der Waals surface area (Å²) >= 11 is 0. The number of rotatable bonds is 6. The predicted molar refractivity (Wildman–Crippen MR) is 59.9 cm³/mol. The average Bonchev–Trinajstić information content (AvgIpc) is 1.98. The Morgan fingerprint density at radius 2 is 1.69 bits per heavy atom. The quantitative estimate of drug-likeness (QED) is 0.708. The van der Waals surface area contributed by atoms with Gasteiger partial charge in [-0.05, 0) is 31.6 Å². The Labute approximate surface area is 85.1 Å². The lowest BCUT2D eigenvalue weighted by molar-refractivity contribution is 0.367. The molecule has 3 atom stereocenters. The third-order valence-electron chi connectivity index (χ3n) is 2.56. The lowest BCUT2D eigenvalue weighted by atomic mass is 9.92. The van der Waals surface area contributed by atoms with E-state index < -0.39 is 11.0 Å². The van der Waals surface area contributed by atoms with Gasteiger partial charge in [-0.3, -0.25) is 0 Å². The van der Waals surface area contributed by atoms with Gasteiger partial charge in [0, 0.05) is 12.3 Å². The summed E-state index contributed by atoms with van der Waals surface area (Å²) in [6.45, 7) is 8.87. The summed E-state index contributed by atoms with van der Waals surface area (Å²) in [5.74, 6) is 1.51. The standard InChI is InChI=1S/C10H23NOS/c1-8(2)9(3)6-7-10(4)11-13(5)12/h8-11H,6-7H2,1-5H3. The molecular formula is C10H23NOS. The summed E-state index contributed by atoms with van der Waals surface area (Å²) < 4.78 is 13.8. The first kappa shape index (κ1) is 13.1. The zero-order chi connectivity index (χ0) is 10.4. The summed E-state index contributed by atoms with van der Waals surface area (Å²) in [6.07, 6.45) is 4.00. The van der Waals surface area contributed by atoms with Crippen LogP contribution in [-0.2, 0) is 11.0 Å². The maximum Gasteiger partial charge on any atom is 0.0886 e. The second-order valence-corrected chi connectivity index (χ2v) is 5.42. The Morgan fingerprint density at radius 1 is 1.15 bits per heavy atom. The smallest absolute Gasteiger partial charge is 0.0886 e. The molecule has 0 aliphatic carbocycles. The van der Waals surface area contributed by atoms with E-state index in [0.717, 1.165) is 18.3 Å². The third kappa shape index (κ3) is 7.20. The summed E-state index contributed by atoms with van der Waals surface area (Å²) in [5.41, 5.74) is 0. The minimum atomic E-state index is -0.871. The molecule has 3 heteroatoms. The molecule has 0 radical (unpaired) electrons. The van der Waals surface area contributed by atoms with Crippen molar-refractivity contribution in [3.8, 4) is 0 Å². The van der Waals surface area contributed by atoms with Crippen molar-refractivity contribution in [1.82, 2.24) is 4.72 Å². The van der Waals surface area contributed by atoms with Crippen molar-refractivity contribution in [2.75, 3.05) is 6.26 Å². The molecule has 0 rings (SSSR count). The predicted octanol–water partition coefficient (Wildman–Crippen LogP) is 2.33. The fraction of sp³-hybridized carbons (Fsp3) is 1.00. The first-order valence-electron chi connectivity index (χ1n) is 5.03. The van der Waals surface area contributed by atoms with Gasteiger partial charge in [-0.2, -0.15) is 0 Å². The molecule has 0 aliphatic heterocycles. The molecule has 0 fully saturated rings. The normalized spacial score (nSPS) is 18.6. The third-order valence-corrected chi connectivity index (χ3v) is 3.29. The fourth-order valence-electron chi connectivity index (χ4n) is 1.19. The van der Waals surface area contributed by atoms with E-state index in [0.29, 0.717) is 6.04 Å². The maximum absolute atomic E-state index is 10.8. The molecule has 0 aromatic carbocycles. The van der Waals surface area contributed by atoms with Crippen molar-refractivity contribution in [2.24, 2.45) is 11.8 Å². The average molecular weight is 205 g/mol. The van der Waals surface area contributed by atoms with Crippen LogP contribution < -0.4 is 4.72 Å². The van der Waals surface area contributed by atoms with E-state index in [1.54, 1.807) is 6.26 Å². The first-order valence-corrected chi connectivity index (χ1v) is 6.59. The van der Waals surface area contributed by atoms with Gasteiger partial charge in [0.2, 0.25) is 0 Å². The Balaban J connectivity index is 3.57. The van der Waals surface area contributed by atoms with E-state index in [-0.39, 0.29) is 0 Å². The number of nitrogens with one attached hydrogen (secondary N) is 1. The molecule has 0 aromatic rings. The van der Waals surface area contributed by atoms with Crippen molar-refractivity contribution in [3.63, 3.8) is 0 Å². The van der Waals surface area contributed by atoms with Crippen molar-refractivity contribution in [3.05, 3.63) is 0 Å². The van der Waals surface area contributed by atoms with E-state index in [1.165, 1.54) is 6.42 Å². The Bertz CT molecular complexity index is 159. The monoisotopic (exact) mass is 205 g/mol. The van der Waals surface area contributed by atoms with Crippen molar-refractivity contribution < 1.29 is 4.21 Å². The highest BCUT2D eigenvalue weighted by molar-refractivity contribution is 7.82. The highest BCUT2D eigenvalue weighted by Crippen LogP contribution is 2.16. The van der Waals surface area contributed by atoms with E-state index in [2.05, 4.69) is 32.4 Å². The summed E-state index contributed by atoms with van der Waals surface area (Å²) in [5, 5.41) is 0. The van der Waals surface area contributed by atoms with Crippen LogP contribution in [0, 0.1) is 11.8 Å². The van der Waals surface area contributed by atoms with Gasteiger partial charge < -0.3 is 0 Å². The molecule has 13 heavy (non-hydrogen) atoms. The van der Waals surface area contributed by atoms with Crippen LogP contribution in [0.25, 0.3) is 0 Å². The largest absolute Gasteiger partial charge is 0.243 e. The van der Waals surface area contributed by atoms with Crippen LogP contribution in [0.2, 0.25) is 0 Å². The Kier molecular flexibility index (Phi) is 6.60. The van der Waals surface area contributed by atoms with Crippen LogP contribution in [0.4, 0.5) is 0 Å². The second kappa shape index (κ2) is 6.55. The molecule has 0 spiro atoms. The highest BCUT2D eigenvalue weighted by atomic mass is 32.2. The van der Waals surface area contributed by atoms with Gasteiger partial charge in [0.05, 0.1) is 11.0 Å². The zero-order valence-electron chi connectivity index (χ0n) is 9.46. The van der Waals surface area contributed by atoms with Crippen LogP contribution in [0.15, 0.2) is 0 Å². The van der Waals surface area contributed by atoms with Gasteiger partial charge in [0.25, 0.3) is 0 Å². The van der Waals surface area contributed by atoms with Gasteiger partial charge >= 0.3 is 0 Å². The van der Waals surface area contributed by atoms with Crippen LogP contribution in [0.1, 0.15) is 40.5 Å². The van der Waals surface area contributed by atoms with Crippen LogP contribution >= 0.6 is 0 Å². The topological polar surface area (TPSA) is 29.1 Å². The minimum absolute atomic E-state index is 0.368. The molecule has 0 aliphatic rings. The molecule has 2 nitrogen and oxygen atoms in total. The molecule has 0 amide bonds. The summed E-state index contributed by atoms with van der Waals surface area (Å²) in [6, 6.07) is 0.368. The Morgan fingerprint density at radius 3 is 2.08 bits per heavy atom. The Hall–Kier alpha value is 0.110. The van der Waals surface area contributed by atoms with Crippen molar-refractivity contribution in [2.45, 2.75) is 46.6 Å². The molecule has 0 bridgehead atoms. The van der Waals surface area contributed by atoms with Crippen LogP contribution in [-0.4, -0.2) is 16.5 Å². The van der Waals surface area contributed by atoms with Gasteiger partial charge in [-0.15, -0.1) is 0 Å². The van der Waals surface area contributed by atoms with E-state index in [9.17, 15) is 4.21 Å². The molecule has 80 valence electrons. The van der Waals surface area contributed by atoms with E-state index in [1.807, 2.05) is 0 Å².